The number of rotatable bonds is 6. The third-order valence-corrected chi connectivity index (χ3v) is 6.72. The van der Waals surface area contributed by atoms with Crippen LogP contribution in [0.2, 0.25) is 0 Å². The van der Waals surface area contributed by atoms with E-state index in [9.17, 15) is 15.3 Å². The Hall–Kier alpha value is -3.46. The smallest absolute Gasteiger partial charge is 0.119 e. The van der Waals surface area contributed by atoms with E-state index in [4.69, 9.17) is 0 Å². The summed E-state index contributed by atoms with van der Waals surface area (Å²) in [5.74, 6) is 0.515. The number of phenols is 3. The molecule has 0 bridgehead atoms. The van der Waals surface area contributed by atoms with Crippen LogP contribution in [-0.2, 0) is 5.41 Å². The average Bonchev–Trinajstić information content (AvgIpc) is 2.80. The molecule has 0 aliphatic heterocycles. The summed E-state index contributed by atoms with van der Waals surface area (Å²) in [5, 5.41) is 31.4. The number of para-hydroxylation sites is 1. The van der Waals surface area contributed by atoms with E-state index in [0.29, 0.717) is 0 Å². The van der Waals surface area contributed by atoms with E-state index in [0.717, 1.165) is 35.1 Å². The predicted molar refractivity (Wildman–Crippen MR) is 129 cm³/mol. The van der Waals surface area contributed by atoms with Crippen molar-refractivity contribution < 1.29 is 15.3 Å². The predicted octanol–water partition coefficient (Wildman–Crippen LogP) is 6.90. The molecule has 3 nitrogen and oxygen atoms in total. The first-order chi connectivity index (χ1) is 15.5. The first kappa shape index (κ1) is 21.8. The van der Waals surface area contributed by atoms with Gasteiger partial charge >= 0.3 is 0 Å². The molecule has 1 aliphatic carbocycles. The molecule has 3 heteroatoms. The molecule has 0 radical (unpaired) electrons. The first-order valence-corrected chi connectivity index (χ1v) is 11.2. The van der Waals surface area contributed by atoms with Crippen molar-refractivity contribution in [3.8, 4) is 17.2 Å². The van der Waals surface area contributed by atoms with E-state index in [2.05, 4.69) is 37.3 Å². The molecule has 3 atom stereocenters. The highest BCUT2D eigenvalue weighted by Gasteiger charge is 2.40. The van der Waals surface area contributed by atoms with Crippen LogP contribution in [0, 0.1) is 0 Å². The third-order valence-electron chi connectivity index (χ3n) is 6.72. The summed E-state index contributed by atoms with van der Waals surface area (Å²) in [6, 6.07) is 20.5. The van der Waals surface area contributed by atoms with Gasteiger partial charge in [-0.05, 0) is 41.8 Å². The molecule has 3 aromatic carbocycles. The van der Waals surface area contributed by atoms with E-state index in [1.54, 1.807) is 24.3 Å². The van der Waals surface area contributed by atoms with Gasteiger partial charge in [0.25, 0.3) is 0 Å². The van der Waals surface area contributed by atoms with E-state index >= 15 is 0 Å². The molecule has 164 valence electrons. The third kappa shape index (κ3) is 3.80. The van der Waals surface area contributed by atoms with E-state index < -0.39 is 0 Å². The average molecular weight is 427 g/mol. The molecular weight excluding hydrogens is 396 g/mol. The van der Waals surface area contributed by atoms with Crippen LogP contribution in [0.3, 0.4) is 0 Å². The van der Waals surface area contributed by atoms with Crippen molar-refractivity contribution in [2.45, 2.75) is 43.9 Å². The fourth-order valence-electron chi connectivity index (χ4n) is 5.23. The van der Waals surface area contributed by atoms with Gasteiger partial charge in [-0.3, -0.25) is 0 Å². The zero-order valence-electron chi connectivity index (χ0n) is 18.6. The van der Waals surface area contributed by atoms with Crippen LogP contribution < -0.4 is 0 Å². The first-order valence-electron chi connectivity index (χ1n) is 11.2. The van der Waals surface area contributed by atoms with Crippen LogP contribution in [0.15, 0.2) is 91.0 Å². The number of benzene rings is 3. The molecule has 3 unspecified atom stereocenters. The molecule has 32 heavy (non-hydrogen) atoms. The number of aromatic hydroxyl groups is 3. The molecule has 0 spiro atoms. The zero-order valence-corrected chi connectivity index (χ0v) is 18.6. The second-order valence-electron chi connectivity index (χ2n) is 8.62. The zero-order chi connectivity index (χ0) is 22.7. The Bertz CT molecular complexity index is 1140. The van der Waals surface area contributed by atoms with Gasteiger partial charge < -0.3 is 15.3 Å². The monoisotopic (exact) mass is 426 g/mol. The summed E-state index contributed by atoms with van der Waals surface area (Å²) < 4.78 is 0. The minimum atomic E-state index is -0.307. The van der Waals surface area contributed by atoms with Gasteiger partial charge in [-0.2, -0.15) is 0 Å². The fourth-order valence-corrected chi connectivity index (χ4v) is 5.23. The molecule has 0 heterocycles. The minimum absolute atomic E-state index is 0.00704. The maximum absolute atomic E-state index is 11.0. The van der Waals surface area contributed by atoms with Crippen molar-refractivity contribution in [3.63, 3.8) is 0 Å². The van der Waals surface area contributed by atoms with Crippen molar-refractivity contribution in [3.05, 3.63) is 113 Å². The van der Waals surface area contributed by atoms with E-state index in [-0.39, 0.29) is 34.5 Å². The summed E-state index contributed by atoms with van der Waals surface area (Å²) in [4.78, 5) is 0. The Morgan fingerprint density at radius 2 is 1.56 bits per heavy atom. The summed E-state index contributed by atoms with van der Waals surface area (Å²) in [5.41, 5.74) is 3.49. The van der Waals surface area contributed by atoms with Gasteiger partial charge in [0.1, 0.15) is 17.2 Å². The van der Waals surface area contributed by atoms with Crippen LogP contribution in [0.1, 0.15) is 60.8 Å². The van der Waals surface area contributed by atoms with Crippen LogP contribution in [-0.4, -0.2) is 15.3 Å². The molecule has 4 rings (SSSR count). The SMILES string of the molecule is CCCC1(c2ccc(O)cc2)C=CC=CC1c1cccc(O)c1C(C)c1ccccc1O. The Labute approximate surface area is 190 Å². The van der Waals surface area contributed by atoms with Gasteiger partial charge in [0, 0.05) is 28.4 Å². The molecule has 0 saturated carbocycles. The summed E-state index contributed by atoms with van der Waals surface area (Å²) in [7, 11) is 0. The van der Waals surface area contributed by atoms with E-state index in [1.165, 1.54) is 0 Å². The van der Waals surface area contributed by atoms with Crippen molar-refractivity contribution >= 4 is 0 Å². The highest BCUT2D eigenvalue weighted by Crippen LogP contribution is 2.50. The largest absolute Gasteiger partial charge is 0.508 e. The van der Waals surface area contributed by atoms with Gasteiger partial charge in [0.15, 0.2) is 0 Å². The van der Waals surface area contributed by atoms with Gasteiger partial charge in [0.05, 0.1) is 0 Å². The van der Waals surface area contributed by atoms with Crippen molar-refractivity contribution in [2.75, 3.05) is 0 Å². The summed E-state index contributed by atoms with van der Waals surface area (Å²) in [6.07, 6.45) is 10.5. The summed E-state index contributed by atoms with van der Waals surface area (Å²) >= 11 is 0. The lowest BCUT2D eigenvalue weighted by atomic mass is 9.62. The molecule has 0 amide bonds. The Morgan fingerprint density at radius 3 is 2.28 bits per heavy atom. The van der Waals surface area contributed by atoms with Crippen molar-refractivity contribution in [2.24, 2.45) is 0 Å². The van der Waals surface area contributed by atoms with Gasteiger partial charge in [-0.25, -0.2) is 0 Å². The number of hydrogen-bond donors (Lipinski definition) is 3. The molecule has 0 fully saturated rings. The fraction of sp³-hybridized carbons (Fsp3) is 0.241. The quantitative estimate of drug-likeness (QED) is 0.402. The number of phenolic OH excluding ortho intramolecular Hbond substituents is 3. The molecule has 3 aromatic rings. The topological polar surface area (TPSA) is 60.7 Å². The second-order valence-corrected chi connectivity index (χ2v) is 8.62. The maximum atomic E-state index is 11.0. The highest BCUT2D eigenvalue weighted by molar-refractivity contribution is 5.55. The van der Waals surface area contributed by atoms with Gasteiger partial charge in [-0.15, -0.1) is 0 Å². The van der Waals surface area contributed by atoms with E-state index in [1.807, 2.05) is 43.3 Å². The minimum Gasteiger partial charge on any atom is -0.508 e. The van der Waals surface area contributed by atoms with Gasteiger partial charge in [-0.1, -0.05) is 87.0 Å². The molecule has 0 aromatic heterocycles. The summed E-state index contributed by atoms with van der Waals surface area (Å²) in [6.45, 7) is 4.21. The highest BCUT2D eigenvalue weighted by atomic mass is 16.3. The molecule has 3 N–H and O–H groups in total. The lowest BCUT2D eigenvalue weighted by Gasteiger charge is -2.41. The number of allylic oxidation sites excluding steroid dienone is 4. The van der Waals surface area contributed by atoms with Crippen LogP contribution >= 0.6 is 0 Å². The van der Waals surface area contributed by atoms with Crippen LogP contribution in [0.5, 0.6) is 17.2 Å². The van der Waals surface area contributed by atoms with Crippen molar-refractivity contribution in [1.29, 1.82) is 0 Å². The van der Waals surface area contributed by atoms with Crippen LogP contribution in [0.25, 0.3) is 0 Å². The van der Waals surface area contributed by atoms with Crippen LogP contribution in [0.4, 0.5) is 0 Å². The maximum Gasteiger partial charge on any atom is 0.119 e. The Kier molecular flexibility index (Phi) is 6.09. The normalized spacial score (nSPS) is 20.9. The van der Waals surface area contributed by atoms with Crippen molar-refractivity contribution in [1.82, 2.24) is 0 Å². The lowest BCUT2D eigenvalue weighted by Crippen LogP contribution is -2.33. The molecule has 1 aliphatic rings. The lowest BCUT2D eigenvalue weighted by molar-refractivity contribution is 0.422. The Morgan fingerprint density at radius 1 is 0.844 bits per heavy atom. The second kappa shape index (κ2) is 8.96. The number of hydrogen-bond acceptors (Lipinski definition) is 3. The molecule has 0 saturated heterocycles. The Balaban J connectivity index is 1.91. The van der Waals surface area contributed by atoms with Gasteiger partial charge in [0.2, 0.25) is 0 Å². The molecular formula is C29H30O3. The standard InChI is InChI=1S/C29H30O3/c1-3-18-29(21-14-16-22(30)17-15-21)19-7-6-11-25(29)24-10-8-13-27(32)28(24)20(2)23-9-4-5-12-26(23)31/h4-17,19-20,25,30-32H,3,18H2,1-2H3.